The van der Waals surface area contributed by atoms with Crippen LogP contribution in [0.3, 0.4) is 0 Å². The highest BCUT2D eigenvalue weighted by atomic mass is 28.4. The van der Waals surface area contributed by atoms with Crippen molar-refractivity contribution in [1.82, 2.24) is 9.80 Å². The van der Waals surface area contributed by atoms with E-state index in [0.29, 0.717) is 25.7 Å². The van der Waals surface area contributed by atoms with Crippen LogP contribution in [0.1, 0.15) is 109 Å². The van der Waals surface area contributed by atoms with Crippen LogP contribution in [0.5, 0.6) is 0 Å². The normalized spacial score (nSPS) is 23.4. The number of esters is 2. The predicted molar refractivity (Wildman–Crippen MR) is 219 cm³/mol. The highest BCUT2D eigenvalue weighted by Gasteiger charge is 2.53. The molecular formula is C38H73N5O11Si2. The molecule has 0 bridgehead atoms. The second-order valence-corrected chi connectivity index (χ2v) is 29.1. The van der Waals surface area contributed by atoms with E-state index in [0.717, 1.165) is 0 Å². The fourth-order valence-electron chi connectivity index (χ4n) is 6.03. The number of aliphatic hydroxyl groups is 1. The second kappa shape index (κ2) is 19.7. The van der Waals surface area contributed by atoms with Crippen LogP contribution in [0.4, 0.5) is 9.59 Å². The third-order valence-electron chi connectivity index (χ3n) is 10.8. The molecular weight excluding hydrogens is 759 g/mol. The van der Waals surface area contributed by atoms with Gasteiger partial charge >= 0.3 is 24.1 Å². The van der Waals surface area contributed by atoms with Crippen LogP contribution < -0.4 is 0 Å². The maximum Gasteiger partial charge on any atom is 0.411 e. The van der Waals surface area contributed by atoms with Gasteiger partial charge in [-0.3, -0.25) is 9.80 Å². The van der Waals surface area contributed by atoms with Crippen molar-refractivity contribution in [2.24, 2.45) is 5.11 Å². The summed E-state index contributed by atoms with van der Waals surface area (Å²) in [6, 6.07) is -2.48. The lowest BCUT2D eigenvalue weighted by atomic mass is 10.1. The van der Waals surface area contributed by atoms with Gasteiger partial charge in [0, 0.05) is 30.9 Å². The number of nitrogens with zero attached hydrogens (tertiary/aromatic N) is 5. The highest BCUT2D eigenvalue weighted by Crippen LogP contribution is 2.43. The standard InChI is InChI=1S/C19H36N4O5Si.C19H37NO6Si/c1-18(2,3)27-17(25)23-13(10-11-21-22-20)15(12-14(23)16(24)26-7)28-29(8,9)19(4,5)6;1-18(2,3)25-17(23)20-13(10-11-21)15(12-14(20)16(22)24-7)26-27(8,9)19(4,5)6/h13-15H,10-12H2,1-9H3;13-15,21H,10-12H2,1-9H3/t2*13-,14+,15-/m11/s1. The first-order valence-electron chi connectivity index (χ1n) is 19.4. The van der Waals surface area contributed by atoms with E-state index in [1.807, 2.05) is 0 Å². The Kier molecular flexibility index (Phi) is 18.0. The molecule has 2 aliphatic rings. The van der Waals surface area contributed by atoms with Gasteiger partial charge in [0.25, 0.3) is 0 Å². The Balaban J connectivity index is 0.000000561. The van der Waals surface area contributed by atoms with Gasteiger partial charge in [-0.15, -0.1) is 0 Å². The van der Waals surface area contributed by atoms with Gasteiger partial charge in [-0.2, -0.15) is 0 Å². The number of aliphatic hydroxyl groups excluding tert-OH is 1. The lowest BCUT2D eigenvalue weighted by Crippen LogP contribution is -2.51. The summed E-state index contributed by atoms with van der Waals surface area (Å²) in [7, 11) is -1.72. The van der Waals surface area contributed by atoms with Crippen molar-refractivity contribution in [3.8, 4) is 0 Å². The molecule has 0 aromatic heterocycles. The third-order valence-corrected chi connectivity index (χ3v) is 19.8. The van der Waals surface area contributed by atoms with Crippen molar-refractivity contribution in [1.29, 1.82) is 0 Å². The molecule has 2 rings (SSSR count). The van der Waals surface area contributed by atoms with Gasteiger partial charge in [-0.1, -0.05) is 46.7 Å². The fourth-order valence-corrected chi connectivity index (χ4v) is 8.76. The zero-order chi connectivity index (χ0) is 43.8. The summed E-state index contributed by atoms with van der Waals surface area (Å²) in [5.74, 6) is -1.00. The van der Waals surface area contributed by atoms with Crippen molar-refractivity contribution >= 4 is 40.8 Å². The minimum Gasteiger partial charge on any atom is -0.467 e. The van der Waals surface area contributed by atoms with E-state index in [4.69, 9.17) is 33.3 Å². The van der Waals surface area contributed by atoms with Gasteiger partial charge in [0.05, 0.1) is 38.5 Å². The summed E-state index contributed by atoms with van der Waals surface area (Å²) in [5, 5.41) is 13.1. The average molecular weight is 832 g/mol. The average Bonchev–Trinajstić information content (AvgIpc) is 3.55. The molecule has 2 amide bonds. The molecule has 2 aliphatic heterocycles. The van der Waals surface area contributed by atoms with Crippen molar-refractivity contribution in [2.45, 2.75) is 193 Å². The molecule has 6 atom stereocenters. The first kappa shape index (κ1) is 51.1. The summed E-state index contributed by atoms with van der Waals surface area (Å²) in [4.78, 5) is 56.3. The Labute approximate surface area is 337 Å². The summed E-state index contributed by atoms with van der Waals surface area (Å²) in [5.41, 5.74) is 7.25. The minimum absolute atomic E-state index is 0.0170. The molecule has 0 saturated carbocycles. The molecule has 0 aromatic carbocycles. The highest BCUT2D eigenvalue weighted by molar-refractivity contribution is 6.74. The van der Waals surface area contributed by atoms with Crippen molar-refractivity contribution in [3.63, 3.8) is 0 Å². The maximum atomic E-state index is 13.0. The molecule has 0 radical (unpaired) electrons. The van der Waals surface area contributed by atoms with Gasteiger partial charge in [0.15, 0.2) is 16.6 Å². The van der Waals surface area contributed by atoms with Crippen LogP contribution in [0.15, 0.2) is 5.11 Å². The molecule has 0 aromatic rings. The quantitative estimate of drug-likeness (QED) is 0.0529. The van der Waals surface area contributed by atoms with Gasteiger partial charge in [-0.25, -0.2) is 19.2 Å². The van der Waals surface area contributed by atoms with Gasteiger partial charge in [-0.05, 0) is 96.2 Å². The Hall–Kier alpha value is -2.90. The number of hydrogen-bond donors (Lipinski definition) is 1. The Bertz CT molecular complexity index is 1400. The zero-order valence-electron chi connectivity index (χ0n) is 37.5. The van der Waals surface area contributed by atoms with E-state index in [1.165, 1.54) is 24.0 Å². The van der Waals surface area contributed by atoms with Crippen molar-refractivity contribution in [3.05, 3.63) is 10.4 Å². The summed E-state index contributed by atoms with van der Waals surface area (Å²) in [6.07, 6.45) is -0.571. The smallest absolute Gasteiger partial charge is 0.411 e. The number of azide groups is 1. The maximum absolute atomic E-state index is 13.0. The Morgan fingerprint density at radius 3 is 1.29 bits per heavy atom. The number of ether oxygens (including phenoxy) is 4. The monoisotopic (exact) mass is 831 g/mol. The van der Waals surface area contributed by atoms with Gasteiger partial charge in [0.2, 0.25) is 0 Å². The number of methoxy groups -OCH3 is 2. The molecule has 324 valence electrons. The van der Waals surface area contributed by atoms with E-state index in [-0.39, 0.29) is 35.4 Å². The lowest BCUT2D eigenvalue weighted by Gasteiger charge is -2.40. The fraction of sp³-hybridized carbons (Fsp3) is 0.895. The number of carbonyl (C=O) groups excluding carboxylic acids is 4. The molecule has 0 spiro atoms. The largest absolute Gasteiger partial charge is 0.467 e. The Morgan fingerprint density at radius 2 is 1.02 bits per heavy atom. The van der Waals surface area contributed by atoms with Crippen LogP contribution in [-0.2, 0) is 37.4 Å². The molecule has 1 N–H and O–H groups in total. The van der Waals surface area contributed by atoms with E-state index in [9.17, 15) is 24.3 Å². The molecule has 16 nitrogen and oxygen atoms in total. The first-order valence-corrected chi connectivity index (χ1v) is 25.3. The Morgan fingerprint density at radius 1 is 0.679 bits per heavy atom. The molecule has 56 heavy (non-hydrogen) atoms. The topological polar surface area (TPSA) is 199 Å². The number of likely N-dealkylation sites (tertiary alicyclic amines) is 2. The number of rotatable bonds is 11. The van der Waals surface area contributed by atoms with Gasteiger partial charge < -0.3 is 32.9 Å². The van der Waals surface area contributed by atoms with Gasteiger partial charge in [0.1, 0.15) is 23.3 Å². The third kappa shape index (κ3) is 14.2. The van der Waals surface area contributed by atoms with E-state index in [2.05, 4.69) is 77.8 Å². The lowest BCUT2D eigenvalue weighted by molar-refractivity contribution is -0.146. The second-order valence-electron chi connectivity index (χ2n) is 19.5. The summed E-state index contributed by atoms with van der Waals surface area (Å²) < 4.78 is 34.1. The molecule has 2 fully saturated rings. The number of carbonyl (C=O) groups is 4. The van der Waals surface area contributed by atoms with Crippen LogP contribution in [-0.4, -0.2) is 131 Å². The van der Waals surface area contributed by atoms with E-state index >= 15 is 0 Å². The van der Waals surface area contributed by atoms with E-state index in [1.54, 1.807) is 41.5 Å². The van der Waals surface area contributed by atoms with Crippen LogP contribution in [0.25, 0.3) is 10.4 Å². The minimum atomic E-state index is -2.18. The SMILES string of the molecule is COC(=O)[C@@H]1C[C@@H](O[Si](C)(C)C(C)(C)C)[C@@H](CCN=[N+]=[N-])N1C(=O)OC(C)(C)C.COC(=O)[C@@H]1C[C@@H](O[Si](C)(C)C(C)(C)C)[C@@H](CCO)N1C(=O)OC(C)(C)C. The summed E-state index contributed by atoms with van der Waals surface area (Å²) in [6.45, 7) is 32.0. The summed E-state index contributed by atoms with van der Waals surface area (Å²) >= 11 is 0. The number of hydrogen-bond acceptors (Lipinski definition) is 12. The molecule has 2 saturated heterocycles. The van der Waals surface area contributed by atoms with E-state index < -0.39 is 76.1 Å². The number of amides is 2. The molecule has 2 heterocycles. The van der Waals surface area contributed by atoms with Crippen molar-refractivity contribution < 1.29 is 52.1 Å². The first-order chi connectivity index (χ1) is 25.3. The van der Waals surface area contributed by atoms with Crippen LogP contribution >= 0.6 is 0 Å². The zero-order valence-corrected chi connectivity index (χ0v) is 39.5. The van der Waals surface area contributed by atoms with Crippen LogP contribution in [0.2, 0.25) is 36.3 Å². The van der Waals surface area contributed by atoms with Crippen molar-refractivity contribution in [2.75, 3.05) is 27.4 Å². The molecule has 0 aliphatic carbocycles. The molecule has 18 heteroatoms. The van der Waals surface area contributed by atoms with Crippen LogP contribution in [0, 0.1) is 0 Å². The predicted octanol–water partition coefficient (Wildman–Crippen LogP) is 7.94. The molecule has 0 unspecified atom stereocenters.